The van der Waals surface area contributed by atoms with Crippen molar-refractivity contribution in [3.63, 3.8) is 0 Å². The van der Waals surface area contributed by atoms with Gasteiger partial charge in [-0.3, -0.25) is 5.84 Å². The van der Waals surface area contributed by atoms with Crippen LogP contribution in [0.25, 0.3) is 0 Å². The lowest BCUT2D eigenvalue weighted by Crippen LogP contribution is -2.27. The normalized spacial score (nSPS) is 12.7. The second-order valence-electron chi connectivity index (χ2n) is 5.71. The van der Waals surface area contributed by atoms with Gasteiger partial charge in [0.15, 0.2) is 0 Å². The quantitative estimate of drug-likeness (QED) is 0.300. The number of hydrogen-bond acceptors (Lipinski definition) is 3. The number of nitrogens with one attached hydrogen (secondary N) is 1. The van der Waals surface area contributed by atoms with Crippen LogP contribution in [0.2, 0.25) is 0 Å². The first-order valence-corrected chi connectivity index (χ1v) is 8.38. The lowest BCUT2D eigenvalue weighted by molar-refractivity contribution is 0.388. The molecule has 1 rings (SSSR count). The van der Waals surface area contributed by atoms with Gasteiger partial charge in [-0.25, -0.2) is 5.43 Å². The van der Waals surface area contributed by atoms with E-state index in [1.807, 2.05) is 12.1 Å². The summed E-state index contributed by atoms with van der Waals surface area (Å²) in [5.41, 5.74) is 2.84. The molecule has 0 aliphatic heterocycles. The molecule has 0 bridgehead atoms. The van der Waals surface area contributed by atoms with E-state index in [9.17, 15) is 0 Å². The van der Waals surface area contributed by atoms with E-state index >= 15 is 0 Å². The Kier molecular flexibility index (Phi) is 10.3. The van der Waals surface area contributed by atoms with Crippen LogP contribution in [0.5, 0.6) is 0 Å². The average Bonchev–Trinajstić information content (AvgIpc) is 2.99. The molecular formula is C17H32N2O. The SMILES string of the molecule is CCCCCCCCCCCCC(NN)c1ccco1. The Balaban J connectivity index is 1.91. The fourth-order valence-electron chi connectivity index (χ4n) is 2.63. The number of hydrogen-bond donors (Lipinski definition) is 2. The zero-order valence-electron chi connectivity index (χ0n) is 13.1. The summed E-state index contributed by atoms with van der Waals surface area (Å²) in [6, 6.07) is 4.07. The summed E-state index contributed by atoms with van der Waals surface area (Å²) >= 11 is 0. The maximum atomic E-state index is 5.57. The van der Waals surface area contributed by atoms with Gasteiger partial charge in [-0.2, -0.15) is 0 Å². The molecule has 3 N–H and O–H groups in total. The van der Waals surface area contributed by atoms with Crippen molar-refractivity contribution in [3.8, 4) is 0 Å². The predicted molar refractivity (Wildman–Crippen MR) is 85.2 cm³/mol. The molecule has 1 aromatic rings. The zero-order valence-corrected chi connectivity index (χ0v) is 13.1. The molecule has 0 amide bonds. The minimum Gasteiger partial charge on any atom is -0.468 e. The van der Waals surface area contributed by atoms with Gasteiger partial charge in [0.2, 0.25) is 0 Å². The van der Waals surface area contributed by atoms with E-state index in [0.717, 1.165) is 12.2 Å². The van der Waals surface area contributed by atoms with Crippen LogP contribution < -0.4 is 11.3 Å². The van der Waals surface area contributed by atoms with Gasteiger partial charge >= 0.3 is 0 Å². The number of nitrogens with two attached hydrogens (primary N) is 1. The van der Waals surface area contributed by atoms with Gasteiger partial charge in [0, 0.05) is 0 Å². The molecule has 0 saturated carbocycles. The third-order valence-corrected chi connectivity index (χ3v) is 3.93. The molecule has 116 valence electrons. The number of furan rings is 1. The highest BCUT2D eigenvalue weighted by atomic mass is 16.3. The van der Waals surface area contributed by atoms with Gasteiger partial charge in [0.1, 0.15) is 5.76 Å². The molecule has 0 radical (unpaired) electrons. The Labute approximate surface area is 124 Å². The van der Waals surface area contributed by atoms with Crippen LogP contribution in [0.1, 0.15) is 89.4 Å². The molecule has 1 unspecified atom stereocenters. The van der Waals surface area contributed by atoms with Crippen LogP contribution in [0.15, 0.2) is 22.8 Å². The highest BCUT2D eigenvalue weighted by molar-refractivity contribution is 5.03. The molecule has 0 spiro atoms. The molecule has 0 aromatic carbocycles. The standard InChI is InChI=1S/C17H32N2O/c1-2-3-4-5-6-7-8-9-10-11-13-16(19-18)17-14-12-15-20-17/h12,14-16,19H,2-11,13,18H2,1H3. The van der Waals surface area contributed by atoms with E-state index in [2.05, 4.69) is 12.3 Å². The minimum absolute atomic E-state index is 0.166. The second kappa shape index (κ2) is 12.0. The monoisotopic (exact) mass is 280 g/mol. The summed E-state index contributed by atoms with van der Waals surface area (Å²) in [7, 11) is 0. The third-order valence-electron chi connectivity index (χ3n) is 3.93. The van der Waals surface area contributed by atoms with Crippen molar-refractivity contribution in [3.05, 3.63) is 24.2 Å². The van der Waals surface area contributed by atoms with Gasteiger partial charge < -0.3 is 4.42 Å². The first kappa shape index (κ1) is 17.3. The van der Waals surface area contributed by atoms with Crippen LogP contribution in [0, 0.1) is 0 Å². The Bertz CT molecular complexity index is 298. The maximum absolute atomic E-state index is 5.57. The molecule has 0 fully saturated rings. The second-order valence-corrected chi connectivity index (χ2v) is 5.71. The van der Waals surface area contributed by atoms with Crippen molar-refractivity contribution < 1.29 is 4.42 Å². The first-order valence-electron chi connectivity index (χ1n) is 8.38. The summed E-state index contributed by atoms with van der Waals surface area (Å²) in [6.07, 6.45) is 16.4. The first-order chi connectivity index (χ1) is 9.88. The van der Waals surface area contributed by atoms with Crippen molar-refractivity contribution in [1.82, 2.24) is 5.43 Å². The summed E-state index contributed by atoms with van der Waals surface area (Å²) < 4.78 is 5.39. The number of hydrazine groups is 1. The van der Waals surface area contributed by atoms with E-state index in [0.29, 0.717) is 0 Å². The fraction of sp³-hybridized carbons (Fsp3) is 0.765. The van der Waals surface area contributed by atoms with Crippen molar-refractivity contribution in [2.75, 3.05) is 0 Å². The van der Waals surface area contributed by atoms with Crippen LogP contribution in [0.4, 0.5) is 0 Å². The maximum Gasteiger partial charge on any atom is 0.122 e. The van der Waals surface area contributed by atoms with E-state index in [4.69, 9.17) is 10.3 Å². The molecule has 0 aliphatic rings. The van der Waals surface area contributed by atoms with Gasteiger partial charge in [0.05, 0.1) is 12.3 Å². The topological polar surface area (TPSA) is 51.2 Å². The average molecular weight is 280 g/mol. The lowest BCUT2D eigenvalue weighted by Gasteiger charge is -2.12. The van der Waals surface area contributed by atoms with Crippen molar-refractivity contribution in [1.29, 1.82) is 0 Å². The Morgan fingerprint density at radius 1 is 1.00 bits per heavy atom. The highest BCUT2D eigenvalue weighted by Gasteiger charge is 2.11. The van der Waals surface area contributed by atoms with Crippen molar-refractivity contribution >= 4 is 0 Å². The summed E-state index contributed by atoms with van der Waals surface area (Å²) in [6.45, 7) is 2.27. The zero-order chi connectivity index (χ0) is 14.5. The number of unbranched alkanes of at least 4 members (excludes halogenated alkanes) is 9. The molecule has 1 heterocycles. The van der Waals surface area contributed by atoms with E-state index in [1.54, 1.807) is 6.26 Å². The lowest BCUT2D eigenvalue weighted by atomic mass is 10.0. The molecule has 3 heteroatoms. The van der Waals surface area contributed by atoms with Gasteiger partial charge in [-0.15, -0.1) is 0 Å². The fourth-order valence-corrected chi connectivity index (χ4v) is 2.63. The third kappa shape index (κ3) is 7.71. The van der Waals surface area contributed by atoms with E-state index < -0.39 is 0 Å². The Morgan fingerprint density at radius 3 is 2.10 bits per heavy atom. The Hall–Kier alpha value is -0.800. The van der Waals surface area contributed by atoms with Crippen LogP contribution >= 0.6 is 0 Å². The van der Waals surface area contributed by atoms with Gasteiger partial charge in [-0.1, -0.05) is 71.1 Å². The summed E-state index contributed by atoms with van der Waals surface area (Å²) in [5, 5.41) is 0. The van der Waals surface area contributed by atoms with Gasteiger partial charge in [-0.05, 0) is 18.6 Å². The highest BCUT2D eigenvalue weighted by Crippen LogP contribution is 2.20. The molecule has 3 nitrogen and oxygen atoms in total. The van der Waals surface area contributed by atoms with Crippen LogP contribution in [-0.2, 0) is 0 Å². The van der Waals surface area contributed by atoms with E-state index in [1.165, 1.54) is 64.2 Å². The van der Waals surface area contributed by atoms with Crippen LogP contribution in [-0.4, -0.2) is 0 Å². The minimum atomic E-state index is 0.166. The molecule has 1 atom stereocenters. The summed E-state index contributed by atoms with van der Waals surface area (Å²) in [4.78, 5) is 0. The summed E-state index contributed by atoms with van der Waals surface area (Å²) in [5.74, 6) is 6.52. The van der Waals surface area contributed by atoms with Crippen molar-refractivity contribution in [2.45, 2.75) is 83.6 Å². The Morgan fingerprint density at radius 2 is 1.60 bits per heavy atom. The molecule has 0 saturated heterocycles. The molecule has 20 heavy (non-hydrogen) atoms. The number of rotatable bonds is 13. The van der Waals surface area contributed by atoms with Crippen molar-refractivity contribution in [2.24, 2.45) is 5.84 Å². The van der Waals surface area contributed by atoms with E-state index in [-0.39, 0.29) is 6.04 Å². The molecule has 0 aliphatic carbocycles. The molecule has 1 aromatic heterocycles. The molecular weight excluding hydrogens is 248 g/mol. The van der Waals surface area contributed by atoms with Gasteiger partial charge in [0.25, 0.3) is 0 Å². The largest absolute Gasteiger partial charge is 0.468 e. The smallest absolute Gasteiger partial charge is 0.122 e. The van der Waals surface area contributed by atoms with Crippen LogP contribution in [0.3, 0.4) is 0 Å². The predicted octanol–water partition coefficient (Wildman–Crippen LogP) is 5.10.